The number of aromatic nitrogens is 2. The fourth-order valence-corrected chi connectivity index (χ4v) is 2.13. The summed E-state index contributed by atoms with van der Waals surface area (Å²) < 4.78 is 0. The number of aromatic hydroxyl groups is 1. The average Bonchev–Trinajstić information content (AvgIpc) is 2.72. The van der Waals surface area contributed by atoms with Crippen LogP contribution in [0, 0.1) is 0 Å². The Morgan fingerprint density at radius 3 is 3.12 bits per heavy atom. The summed E-state index contributed by atoms with van der Waals surface area (Å²) in [6.45, 7) is 0.983. The highest BCUT2D eigenvalue weighted by Crippen LogP contribution is 2.31. The molecule has 3 rings (SSSR count). The van der Waals surface area contributed by atoms with Crippen LogP contribution >= 0.6 is 0 Å². The maximum atomic E-state index is 9.47. The van der Waals surface area contributed by atoms with Crippen LogP contribution in [0.3, 0.4) is 0 Å². The van der Waals surface area contributed by atoms with Crippen molar-refractivity contribution in [3.8, 4) is 17.0 Å². The van der Waals surface area contributed by atoms with Crippen molar-refractivity contribution >= 4 is 5.82 Å². The van der Waals surface area contributed by atoms with Gasteiger partial charge in [-0.2, -0.15) is 5.10 Å². The molecule has 0 fully saturated rings. The third-order valence-electron chi connectivity index (χ3n) is 2.90. The van der Waals surface area contributed by atoms with Gasteiger partial charge in [-0.3, -0.25) is 5.10 Å². The molecular weight excluding hydrogens is 202 g/mol. The number of hydrogen-bond donors (Lipinski definition) is 3. The number of fused-ring (bicyclic) bond motifs is 1. The molecule has 0 atom stereocenters. The third kappa shape index (κ3) is 1.43. The van der Waals surface area contributed by atoms with Crippen LogP contribution < -0.4 is 5.32 Å². The van der Waals surface area contributed by atoms with E-state index in [2.05, 4.69) is 15.5 Å². The van der Waals surface area contributed by atoms with Gasteiger partial charge in [0.2, 0.25) is 0 Å². The van der Waals surface area contributed by atoms with Gasteiger partial charge in [0.1, 0.15) is 5.75 Å². The molecule has 4 heteroatoms. The van der Waals surface area contributed by atoms with Crippen molar-refractivity contribution in [1.29, 1.82) is 0 Å². The third-order valence-corrected chi connectivity index (χ3v) is 2.90. The number of nitrogens with zero attached hydrogens (tertiary/aromatic N) is 1. The molecule has 0 aliphatic carbocycles. The van der Waals surface area contributed by atoms with Gasteiger partial charge in [0, 0.05) is 17.7 Å². The number of phenolic OH excluding ortho intramolecular Hbond substituents is 1. The highest BCUT2D eigenvalue weighted by Gasteiger charge is 2.17. The molecule has 1 aliphatic heterocycles. The second-order valence-corrected chi connectivity index (χ2v) is 4.01. The Kier molecular flexibility index (Phi) is 2.06. The van der Waals surface area contributed by atoms with Gasteiger partial charge >= 0.3 is 0 Å². The van der Waals surface area contributed by atoms with Gasteiger partial charge < -0.3 is 10.4 Å². The van der Waals surface area contributed by atoms with Crippen molar-refractivity contribution in [1.82, 2.24) is 10.2 Å². The molecule has 0 unspecified atom stereocenters. The number of hydrogen-bond acceptors (Lipinski definition) is 3. The fraction of sp³-hybridized carbons (Fsp3) is 0.250. The zero-order chi connectivity index (χ0) is 11.0. The highest BCUT2D eigenvalue weighted by atomic mass is 16.3. The largest absolute Gasteiger partial charge is 0.508 e. The van der Waals surface area contributed by atoms with Gasteiger partial charge in [0.15, 0.2) is 5.82 Å². The molecule has 0 saturated carbocycles. The van der Waals surface area contributed by atoms with Gasteiger partial charge in [-0.15, -0.1) is 0 Å². The topological polar surface area (TPSA) is 60.9 Å². The van der Waals surface area contributed by atoms with E-state index in [1.54, 1.807) is 12.1 Å². The summed E-state index contributed by atoms with van der Waals surface area (Å²) in [6, 6.07) is 7.24. The lowest BCUT2D eigenvalue weighted by Gasteiger charge is -2.13. The Hall–Kier alpha value is -1.97. The predicted molar refractivity (Wildman–Crippen MR) is 62.5 cm³/mol. The van der Waals surface area contributed by atoms with Crippen LogP contribution in [0.5, 0.6) is 5.75 Å². The summed E-state index contributed by atoms with van der Waals surface area (Å²) in [6.07, 6.45) is 2.15. The quantitative estimate of drug-likeness (QED) is 0.683. The SMILES string of the molecule is Oc1cccc(-c2[nH]nc3c2CCCN3)c1. The first-order valence-electron chi connectivity index (χ1n) is 5.45. The van der Waals surface area contributed by atoms with Crippen molar-refractivity contribution < 1.29 is 5.11 Å². The zero-order valence-electron chi connectivity index (χ0n) is 8.83. The first-order chi connectivity index (χ1) is 7.84. The first-order valence-corrected chi connectivity index (χ1v) is 5.45. The number of nitrogens with one attached hydrogen (secondary N) is 2. The first kappa shape index (κ1) is 9.27. The fourth-order valence-electron chi connectivity index (χ4n) is 2.13. The lowest BCUT2D eigenvalue weighted by molar-refractivity contribution is 0.475. The lowest BCUT2D eigenvalue weighted by Crippen LogP contribution is -2.10. The maximum Gasteiger partial charge on any atom is 0.151 e. The smallest absolute Gasteiger partial charge is 0.151 e. The van der Waals surface area contributed by atoms with Gasteiger partial charge in [-0.25, -0.2) is 0 Å². The van der Waals surface area contributed by atoms with E-state index in [-0.39, 0.29) is 5.75 Å². The minimum absolute atomic E-state index is 0.282. The van der Waals surface area contributed by atoms with Crippen molar-refractivity contribution in [2.75, 3.05) is 11.9 Å². The molecule has 16 heavy (non-hydrogen) atoms. The van der Waals surface area contributed by atoms with Crippen LogP contribution in [0.15, 0.2) is 24.3 Å². The molecule has 1 aliphatic rings. The maximum absolute atomic E-state index is 9.47. The Labute approximate surface area is 93.3 Å². The molecule has 3 N–H and O–H groups in total. The standard InChI is InChI=1S/C12H13N3O/c16-9-4-1-3-8(7-9)11-10-5-2-6-13-12(10)15-14-11/h1,3-4,7,16H,2,5-6H2,(H2,13,14,15). The summed E-state index contributed by atoms with van der Waals surface area (Å²) in [5, 5.41) is 20.0. The number of benzene rings is 1. The summed E-state index contributed by atoms with van der Waals surface area (Å²) >= 11 is 0. The van der Waals surface area contributed by atoms with E-state index >= 15 is 0 Å². The van der Waals surface area contributed by atoms with Crippen molar-refractivity contribution in [3.63, 3.8) is 0 Å². The van der Waals surface area contributed by atoms with Crippen LogP contribution in [-0.4, -0.2) is 21.8 Å². The van der Waals surface area contributed by atoms with Crippen LogP contribution in [0.25, 0.3) is 11.3 Å². The van der Waals surface area contributed by atoms with Crippen molar-refractivity contribution in [3.05, 3.63) is 29.8 Å². The number of phenols is 1. The van der Waals surface area contributed by atoms with Crippen LogP contribution in [0.2, 0.25) is 0 Å². The molecule has 0 radical (unpaired) electrons. The summed E-state index contributed by atoms with van der Waals surface area (Å²) in [4.78, 5) is 0. The predicted octanol–water partition coefficient (Wildman–Crippen LogP) is 2.14. The van der Waals surface area contributed by atoms with Gasteiger partial charge in [0.25, 0.3) is 0 Å². The molecule has 0 spiro atoms. The van der Waals surface area contributed by atoms with E-state index in [0.29, 0.717) is 0 Å². The Morgan fingerprint density at radius 1 is 1.31 bits per heavy atom. The van der Waals surface area contributed by atoms with E-state index in [0.717, 1.165) is 36.5 Å². The minimum atomic E-state index is 0.282. The van der Waals surface area contributed by atoms with Crippen molar-refractivity contribution in [2.24, 2.45) is 0 Å². The Morgan fingerprint density at radius 2 is 2.25 bits per heavy atom. The molecule has 2 heterocycles. The zero-order valence-corrected chi connectivity index (χ0v) is 8.83. The molecule has 0 saturated heterocycles. The molecule has 82 valence electrons. The summed E-state index contributed by atoms with van der Waals surface area (Å²) in [5.74, 6) is 1.23. The van der Waals surface area contributed by atoms with E-state index in [9.17, 15) is 5.11 Å². The van der Waals surface area contributed by atoms with Gasteiger partial charge in [0.05, 0.1) is 5.69 Å². The van der Waals surface area contributed by atoms with Gasteiger partial charge in [-0.05, 0) is 25.0 Å². The second kappa shape index (κ2) is 3.56. The summed E-state index contributed by atoms with van der Waals surface area (Å²) in [7, 11) is 0. The molecule has 1 aromatic carbocycles. The van der Waals surface area contributed by atoms with Crippen LogP contribution in [-0.2, 0) is 6.42 Å². The number of anilines is 1. The highest BCUT2D eigenvalue weighted by molar-refractivity contribution is 5.70. The van der Waals surface area contributed by atoms with E-state index in [1.165, 1.54) is 5.56 Å². The molecular formula is C12H13N3O. The lowest BCUT2D eigenvalue weighted by atomic mass is 10.0. The molecule has 0 amide bonds. The molecule has 1 aromatic heterocycles. The number of H-pyrrole nitrogens is 1. The average molecular weight is 215 g/mol. The minimum Gasteiger partial charge on any atom is -0.508 e. The monoisotopic (exact) mass is 215 g/mol. The van der Waals surface area contributed by atoms with Crippen LogP contribution in [0.1, 0.15) is 12.0 Å². The molecule has 4 nitrogen and oxygen atoms in total. The van der Waals surface area contributed by atoms with E-state index in [1.807, 2.05) is 12.1 Å². The summed E-state index contributed by atoms with van der Waals surface area (Å²) in [5.41, 5.74) is 3.22. The van der Waals surface area contributed by atoms with E-state index in [4.69, 9.17) is 0 Å². The van der Waals surface area contributed by atoms with Crippen molar-refractivity contribution in [2.45, 2.75) is 12.8 Å². The van der Waals surface area contributed by atoms with Gasteiger partial charge in [-0.1, -0.05) is 12.1 Å². The normalized spacial score (nSPS) is 14.2. The second-order valence-electron chi connectivity index (χ2n) is 4.01. The Bertz CT molecular complexity index is 519. The number of aromatic amines is 1. The number of rotatable bonds is 1. The molecule has 2 aromatic rings. The Balaban J connectivity index is 2.09. The van der Waals surface area contributed by atoms with Crippen LogP contribution in [0.4, 0.5) is 5.82 Å². The molecule has 0 bridgehead atoms. The van der Waals surface area contributed by atoms with E-state index < -0.39 is 0 Å².